The minimum absolute atomic E-state index is 0.0424. The van der Waals surface area contributed by atoms with Crippen LogP contribution in [0.25, 0.3) is 0 Å². The monoisotopic (exact) mass is 239 g/mol. The quantitative estimate of drug-likeness (QED) is 0.821. The van der Waals surface area contributed by atoms with E-state index in [9.17, 15) is 4.79 Å². The van der Waals surface area contributed by atoms with E-state index in [1.807, 2.05) is 11.5 Å². The van der Waals surface area contributed by atoms with E-state index < -0.39 is 5.97 Å². The molecule has 0 aliphatic heterocycles. The molecule has 5 nitrogen and oxygen atoms in total. The molecule has 0 bridgehead atoms. The summed E-state index contributed by atoms with van der Waals surface area (Å²) in [5.74, 6) is -0.101. The fourth-order valence-electron chi connectivity index (χ4n) is 1.45. The first kappa shape index (κ1) is 13.5. The minimum Gasteiger partial charge on any atom is -0.461 e. The zero-order valence-electron chi connectivity index (χ0n) is 11.2. The van der Waals surface area contributed by atoms with E-state index >= 15 is 0 Å². The van der Waals surface area contributed by atoms with E-state index in [1.54, 1.807) is 13.3 Å². The minimum atomic E-state index is -0.468. The molecule has 1 atom stereocenters. The maximum atomic E-state index is 11.6. The van der Waals surface area contributed by atoms with Crippen LogP contribution >= 0.6 is 0 Å². The van der Waals surface area contributed by atoms with Gasteiger partial charge in [-0.15, -0.1) is 0 Å². The van der Waals surface area contributed by atoms with Gasteiger partial charge in [0.15, 0.2) is 5.69 Å². The highest BCUT2D eigenvalue weighted by Crippen LogP contribution is 2.32. The molecular formula is C12H21N3O2. The van der Waals surface area contributed by atoms with E-state index in [4.69, 9.17) is 10.5 Å². The SMILES string of the molecule is CCOC(=O)c1ncn(C(C)C(C)(C)C)c1N. The Labute approximate surface area is 102 Å². The molecule has 0 aliphatic rings. The molecule has 0 amide bonds. The molecule has 0 spiro atoms. The first-order valence-electron chi connectivity index (χ1n) is 5.78. The maximum Gasteiger partial charge on any atom is 0.360 e. The van der Waals surface area contributed by atoms with E-state index in [2.05, 4.69) is 25.8 Å². The summed E-state index contributed by atoms with van der Waals surface area (Å²) >= 11 is 0. The summed E-state index contributed by atoms with van der Waals surface area (Å²) in [5, 5.41) is 0. The van der Waals surface area contributed by atoms with Crippen LogP contribution in [0.5, 0.6) is 0 Å². The van der Waals surface area contributed by atoms with Crippen molar-refractivity contribution in [3.8, 4) is 0 Å². The van der Waals surface area contributed by atoms with Crippen LogP contribution in [0.1, 0.15) is 51.1 Å². The highest BCUT2D eigenvalue weighted by atomic mass is 16.5. The molecule has 0 aromatic carbocycles. The molecule has 96 valence electrons. The van der Waals surface area contributed by atoms with Crippen LogP contribution in [0.3, 0.4) is 0 Å². The number of anilines is 1. The van der Waals surface area contributed by atoms with Gasteiger partial charge in [0.1, 0.15) is 5.82 Å². The van der Waals surface area contributed by atoms with Crippen LogP contribution in [0.15, 0.2) is 6.33 Å². The Balaban J connectivity index is 3.03. The number of rotatable bonds is 3. The third-order valence-electron chi connectivity index (χ3n) is 2.97. The normalized spacial score (nSPS) is 13.5. The van der Waals surface area contributed by atoms with E-state index in [0.29, 0.717) is 12.4 Å². The molecule has 17 heavy (non-hydrogen) atoms. The van der Waals surface area contributed by atoms with Crippen LogP contribution in [0.2, 0.25) is 0 Å². The van der Waals surface area contributed by atoms with E-state index in [-0.39, 0.29) is 17.2 Å². The van der Waals surface area contributed by atoms with Crippen molar-refractivity contribution < 1.29 is 9.53 Å². The molecule has 0 fully saturated rings. The van der Waals surface area contributed by atoms with Gasteiger partial charge in [0, 0.05) is 6.04 Å². The van der Waals surface area contributed by atoms with Crippen LogP contribution < -0.4 is 5.73 Å². The van der Waals surface area contributed by atoms with Gasteiger partial charge in [-0.2, -0.15) is 0 Å². The smallest absolute Gasteiger partial charge is 0.360 e. The zero-order valence-corrected chi connectivity index (χ0v) is 11.2. The third kappa shape index (κ3) is 2.78. The van der Waals surface area contributed by atoms with Crippen LogP contribution in [-0.4, -0.2) is 22.1 Å². The first-order valence-corrected chi connectivity index (χ1v) is 5.78. The summed E-state index contributed by atoms with van der Waals surface area (Å²) < 4.78 is 6.70. The maximum absolute atomic E-state index is 11.6. The van der Waals surface area contributed by atoms with Crippen molar-refractivity contribution in [1.82, 2.24) is 9.55 Å². The second-order valence-corrected chi connectivity index (χ2v) is 5.15. The van der Waals surface area contributed by atoms with Gasteiger partial charge in [0.05, 0.1) is 12.9 Å². The summed E-state index contributed by atoms with van der Waals surface area (Å²) in [5.41, 5.74) is 6.17. The van der Waals surface area contributed by atoms with Gasteiger partial charge < -0.3 is 15.0 Å². The molecule has 0 radical (unpaired) electrons. The number of hydrogen-bond acceptors (Lipinski definition) is 4. The molecule has 0 saturated heterocycles. The van der Waals surface area contributed by atoms with E-state index in [1.165, 1.54) is 0 Å². The Kier molecular flexibility index (Phi) is 3.80. The van der Waals surface area contributed by atoms with Crippen molar-refractivity contribution in [3.05, 3.63) is 12.0 Å². The lowest BCUT2D eigenvalue weighted by Crippen LogP contribution is -2.22. The summed E-state index contributed by atoms with van der Waals surface area (Å²) in [7, 11) is 0. The number of aromatic nitrogens is 2. The molecule has 1 heterocycles. The number of nitrogens with zero attached hydrogens (tertiary/aromatic N) is 2. The molecule has 1 rings (SSSR count). The van der Waals surface area contributed by atoms with Crippen LogP contribution in [0.4, 0.5) is 5.82 Å². The predicted molar refractivity (Wildman–Crippen MR) is 66.8 cm³/mol. The molecule has 2 N–H and O–H groups in total. The van der Waals surface area contributed by atoms with Crippen molar-refractivity contribution >= 4 is 11.8 Å². The van der Waals surface area contributed by atoms with E-state index in [0.717, 1.165) is 0 Å². The highest BCUT2D eigenvalue weighted by molar-refractivity contribution is 5.92. The predicted octanol–water partition coefficient (Wildman–Crippen LogP) is 2.25. The number of nitrogens with two attached hydrogens (primary N) is 1. The standard InChI is InChI=1S/C12H21N3O2/c1-6-17-11(16)9-10(13)15(7-14-9)8(2)12(3,4)5/h7-8H,6,13H2,1-5H3. The lowest BCUT2D eigenvalue weighted by molar-refractivity contribution is 0.0521. The van der Waals surface area contributed by atoms with Gasteiger partial charge in [-0.3, -0.25) is 0 Å². The second kappa shape index (κ2) is 4.77. The molecule has 1 unspecified atom stereocenters. The lowest BCUT2D eigenvalue weighted by atomic mass is 9.88. The van der Waals surface area contributed by atoms with Crippen molar-refractivity contribution in [2.75, 3.05) is 12.3 Å². The Morgan fingerprint density at radius 3 is 2.65 bits per heavy atom. The summed E-state index contributed by atoms with van der Waals surface area (Å²) in [6.07, 6.45) is 1.59. The van der Waals surface area contributed by atoms with Gasteiger partial charge >= 0.3 is 5.97 Å². The van der Waals surface area contributed by atoms with Gasteiger partial charge in [-0.1, -0.05) is 20.8 Å². The van der Waals surface area contributed by atoms with Crippen molar-refractivity contribution in [1.29, 1.82) is 0 Å². The second-order valence-electron chi connectivity index (χ2n) is 5.15. The Hall–Kier alpha value is -1.52. The number of carbonyl (C=O) groups is 1. The molecule has 1 aromatic heterocycles. The summed E-state index contributed by atoms with van der Waals surface area (Å²) in [4.78, 5) is 15.6. The van der Waals surface area contributed by atoms with Gasteiger partial charge in [-0.25, -0.2) is 9.78 Å². The number of nitrogen functional groups attached to an aromatic ring is 1. The van der Waals surface area contributed by atoms with Crippen LogP contribution in [-0.2, 0) is 4.74 Å². The Bertz CT molecular complexity index is 404. The van der Waals surface area contributed by atoms with Gasteiger partial charge in [0.2, 0.25) is 0 Å². The first-order chi connectivity index (χ1) is 7.79. The largest absolute Gasteiger partial charge is 0.461 e. The molecule has 0 saturated carbocycles. The van der Waals surface area contributed by atoms with Crippen molar-refractivity contribution in [3.63, 3.8) is 0 Å². The Morgan fingerprint density at radius 1 is 1.59 bits per heavy atom. The zero-order chi connectivity index (χ0) is 13.2. The molecule has 0 aliphatic carbocycles. The third-order valence-corrected chi connectivity index (χ3v) is 2.97. The topological polar surface area (TPSA) is 70.1 Å². The number of carbonyl (C=O) groups excluding carboxylic acids is 1. The number of hydrogen-bond donors (Lipinski definition) is 1. The fourth-order valence-corrected chi connectivity index (χ4v) is 1.45. The number of ether oxygens (including phenoxy) is 1. The average Bonchev–Trinajstić information content (AvgIpc) is 2.58. The Morgan fingerprint density at radius 2 is 2.18 bits per heavy atom. The summed E-state index contributed by atoms with van der Waals surface area (Å²) in [6, 6.07) is 0.151. The molecule has 1 aromatic rings. The van der Waals surface area contributed by atoms with Crippen molar-refractivity contribution in [2.24, 2.45) is 5.41 Å². The fraction of sp³-hybridized carbons (Fsp3) is 0.667. The van der Waals surface area contributed by atoms with Gasteiger partial charge in [0.25, 0.3) is 0 Å². The lowest BCUT2D eigenvalue weighted by Gasteiger charge is -2.29. The summed E-state index contributed by atoms with van der Waals surface area (Å²) in [6.45, 7) is 10.5. The highest BCUT2D eigenvalue weighted by Gasteiger charge is 2.26. The van der Waals surface area contributed by atoms with Gasteiger partial charge in [-0.05, 0) is 19.3 Å². The average molecular weight is 239 g/mol. The molecule has 5 heteroatoms. The molecular weight excluding hydrogens is 218 g/mol. The number of imidazole rings is 1. The number of esters is 1. The van der Waals surface area contributed by atoms with Crippen LogP contribution in [0, 0.1) is 5.41 Å². The van der Waals surface area contributed by atoms with Crippen molar-refractivity contribution in [2.45, 2.75) is 40.7 Å².